The molecule has 3 rings (SSSR count). The lowest BCUT2D eigenvalue weighted by Gasteiger charge is -2.32. The van der Waals surface area contributed by atoms with Crippen LogP contribution in [0.1, 0.15) is 38.7 Å². The summed E-state index contributed by atoms with van der Waals surface area (Å²) in [7, 11) is 0. The van der Waals surface area contributed by atoms with E-state index in [0.29, 0.717) is 5.57 Å². The third kappa shape index (κ3) is 2.36. The van der Waals surface area contributed by atoms with E-state index in [9.17, 15) is 14.7 Å². The molecule has 2 aromatic carbocycles. The zero-order chi connectivity index (χ0) is 18.2. The molecule has 0 aliphatic heterocycles. The summed E-state index contributed by atoms with van der Waals surface area (Å²) in [6.07, 6.45) is 0.264. The molecule has 0 saturated carbocycles. The Hall–Kier alpha value is -2.62. The second kappa shape index (κ2) is 6.36. The zero-order valence-electron chi connectivity index (χ0n) is 14.7. The van der Waals surface area contributed by atoms with Gasteiger partial charge in [0.25, 0.3) is 0 Å². The number of rotatable bonds is 4. The van der Waals surface area contributed by atoms with Gasteiger partial charge in [-0.05, 0) is 42.2 Å². The maximum atomic E-state index is 12.9. The molecule has 1 N–H and O–H groups in total. The van der Waals surface area contributed by atoms with Crippen molar-refractivity contribution in [3.05, 3.63) is 59.4 Å². The van der Waals surface area contributed by atoms with Crippen molar-refractivity contribution in [3.8, 4) is 0 Å². The molecule has 2 atom stereocenters. The van der Waals surface area contributed by atoms with Crippen LogP contribution >= 0.6 is 0 Å². The maximum Gasteiger partial charge on any atom is 0.321 e. The number of fused-ring (bicyclic) bond motifs is 1. The summed E-state index contributed by atoms with van der Waals surface area (Å²) < 4.78 is 5.25. The lowest BCUT2D eigenvalue weighted by atomic mass is 9.68. The number of benzene rings is 2. The highest BCUT2D eigenvalue weighted by Gasteiger charge is 2.59. The molecule has 0 unspecified atom stereocenters. The van der Waals surface area contributed by atoms with Crippen molar-refractivity contribution < 1.29 is 19.4 Å². The van der Waals surface area contributed by atoms with E-state index >= 15 is 0 Å². The highest BCUT2D eigenvalue weighted by atomic mass is 16.5. The summed E-state index contributed by atoms with van der Waals surface area (Å²) in [6.45, 7) is 5.42. The van der Waals surface area contributed by atoms with E-state index in [2.05, 4.69) is 0 Å². The first-order valence-electron chi connectivity index (χ1n) is 8.58. The molecule has 0 bridgehead atoms. The van der Waals surface area contributed by atoms with Crippen LogP contribution in [0.25, 0.3) is 10.8 Å². The molecule has 1 aliphatic rings. The molecule has 0 radical (unpaired) electrons. The number of aliphatic hydroxyl groups excluding tert-OH is 1. The van der Waals surface area contributed by atoms with Crippen LogP contribution in [0, 0.1) is 5.41 Å². The van der Waals surface area contributed by atoms with Gasteiger partial charge in [-0.15, -0.1) is 0 Å². The Morgan fingerprint density at radius 1 is 1.16 bits per heavy atom. The summed E-state index contributed by atoms with van der Waals surface area (Å²) in [5, 5.41) is 12.4. The number of ketones is 1. The van der Waals surface area contributed by atoms with Crippen LogP contribution < -0.4 is 0 Å². The quantitative estimate of drug-likeness (QED) is 0.667. The van der Waals surface area contributed by atoms with Gasteiger partial charge in [0.05, 0.1) is 6.61 Å². The average Bonchev–Trinajstić information content (AvgIpc) is 2.83. The SMILES string of the molecule is CCOC(=O)[C@]1(CC)C(=O)C(O)=C(C)[C@@H]1c1cccc2ccccc12. The smallest absolute Gasteiger partial charge is 0.321 e. The molecule has 0 fully saturated rings. The Bertz CT molecular complexity index is 875. The fraction of sp³-hybridized carbons (Fsp3) is 0.333. The predicted molar refractivity (Wildman–Crippen MR) is 96.4 cm³/mol. The van der Waals surface area contributed by atoms with Gasteiger partial charge in [0.2, 0.25) is 5.78 Å². The molecule has 0 heterocycles. The van der Waals surface area contributed by atoms with Crippen molar-refractivity contribution >= 4 is 22.5 Å². The molecular weight excluding hydrogens is 316 g/mol. The van der Waals surface area contributed by atoms with Crippen LogP contribution in [0.4, 0.5) is 0 Å². The van der Waals surface area contributed by atoms with E-state index in [4.69, 9.17) is 4.74 Å². The monoisotopic (exact) mass is 338 g/mol. The standard InChI is InChI=1S/C21H22O4/c1-4-21(20(24)25-5-2)17(13(3)18(22)19(21)23)16-12-8-10-14-9-6-7-11-15(14)16/h6-12,17,22H,4-5H2,1-3H3/t17-,21+/m1/s1. The number of esters is 1. The molecule has 4 heteroatoms. The van der Waals surface area contributed by atoms with Crippen LogP contribution in [0.3, 0.4) is 0 Å². The van der Waals surface area contributed by atoms with Gasteiger partial charge >= 0.3 is 5.97 Å². The Morgan fingerprint density at radius 2 is 1.84 bits per heavy atom. The lowest BCUT2D eigenvalue weighted by molar-refractivity contribution is -0.160. The van der Waals surface area contributed by atoms with Gasteiger partial charge in [0, 0.05) is 5.92 Å². The number of carbonyl (C=O) groups is 2. The fourth-order valence-corrected chi connectivity index (χ4v) is 4.01. The largest absolute Gasteiger partial charge is 0.504 e. The minimum atomic E-state index is -1.41. The minimum Gasteiger partial charge on any atom is -0.504 e. The van der Waals surface area contributed by atoms with Crippen LogP contribution in [0.15, 0.2) is 53.8 Å². The predicted octanol–water partition coefficient (Wildman–Crippen LogP) is 4.30. The lowest BCUT2D eigenvalue weighted by Crippen LogP contribution is -2.42. The third-order valence-corrected chi connectivity index (χ3v) is 5.25. The molecule has 0 aromatic heterocycles. The molecule has 2 aromatic rings. The van der Waals surface area contributed by atoms with Crippen LogP contribution in [-0.2, 0) is 14.3 Å². The summed E-state index contributed by atoms with van der Waals surface area (Å²) in [5.74, 6) is -1.95. The number of hydrogen-bond donors (Lipinski definition) is 1. The molecule has 4 nitrogen and oxygen atoms in total. The zero-order valence-corrected chi connectivity index (χ0v) is 14.7. The summed E-state index contributed by atoms with van der Waals surface area (Å²) in [5.41, 5.74) is -0.0203. The second-order valence-electron chi connectivity index (χ2n) is 6.41. The molecule has 130 valence electrons. The molecule has 0 spiro atoms. The molecule has 0 saturated heterocycles. The van der Waals surface area contributed by atoms with Crippen molar-refractivity contribution in [3.63, 3.8) is 0 Å². The second-order valence-corrected chi connectivity index (χ2v) is 6.41. The van der Waals surface area contributed by atoms with E-state index in [1.165, 1.54) is 0 Å². The summed E-state index contributed by atoms with van der Waals surface area (Å²) in [6, 6.07) is 13.7. The number of hydrogen-bond acceptors (Lipinski definition) is 4. The maximum absolute atomic E-state index is 12.9. The first-order chi connectivity index (χ1) is 12.0. The number of Topliss-reactive ketones (excluding diaryl/α,β-unsaturated/α-hetero) is 1. The molecule has 25 heavy (non-hydrogen) atoms. The first-order valence-corrected chi connectivity index (χ1v) is 8.58. The Kier molecular flexibility index (Phi) is 4.38. The van der Waals surface area contributed by atoms with E-state index in [0.717, 1.165) is 16.3 Å². The summed E-state index contributed by atoms with van der Waals surface area (Å²) >= 11 is 0. The highest BCUT2D eigenvalue weighted by Crippen LogP contribution is 2.53. The van der Waals surface area contributed by atoms with Crippen molar-refractivity contribution in [2.24, 2.45) is 5.41 Å². The van der Waals surface area contributed by atoms with Gasteiger partial charge in [-0.25, -0.2) is 0 Å². The number of ether oxygens (including phenoxy) is 1. The van der Waals surface area contributed by atoms with Crippen molar-refractivity contribution in [1.82, 2.24) is 0 Å². The van der Waals surface area contributed by atoms with Crippen molar-refractivity contribution in [1.29, 1.82) is 0 Å². The first kappa shape index (κ1) is 17.2. The van der Waals surface area contributed by atoms with E-state index in [-0.39, 0.29) is 18.8 Å². The topological polar surface area (TPSA) is 63.6 Å². The number of aliphatic hydroxyl groups is 1. The Balaban J connectivity index is 2.29. The number of carbonyl (C=O) groups excluding carboxylic acids is 2. The van der Waals surface area contributed by atoms with Gasteiger partial charge in [-0.3, -0.25) is 9.59 Å². The average molecular weight is 338 g/mol. The van der Waals surface area contributed by atoms with Crippen LogP contribution in [0.2, 0.25) is 0 Å². The van der Waals surface area contributed by atoms with E-state index < -0.39 is 23.1 Å². The fourth-order valence-electron chi connectivity index (χ4n) is 4.01. The van der Waals surface area contributed by atoms with Gasteiger partial charge in [0.15, 0.2) is 5.76 Å². The molecular formula is C21H22O4. The molecule has 0 amide bonds. The summed E-state index contributed by atoms with van der Waals surface area (Å²) in [4.78, 5) is 25.7. The number of allylic oxidation sites excluding steroid dienone is 2. The highest BCUT2D eigenvalue weighted by molar-refractivity contribution is 6.15. The van der Waals surface area contributed by atoms with Gasteiger partial charge in [-0.1, -0.05) is 49.4 Å². The third-order valence-electron chi connectivity index (χ3n) is 5.25. The van der Waals surface area contributed by atoms with Crippen LogP contribution in [-0.4, -0.2) is 23.5 Å². The Morgan fingerprint density at radius 3 is 2.52 bits per heavy atom. The van der Waals surface area contributed by atoms with E-state index in [1.54, 1.807) is 20.8 Å². The molecule has 1 aliphatic carbocycles. The van der Waals surface area contributed by atoms with Gasteiger partial charge in [0.1, 0.15) is 5.41 Å². The Labute approximate surface area is 147 Å². The van der Waals surface area contributed by atoms with Crippen LogP contribution in [0.5, 0.6) is 0 Å². The minimum absolute atomic E-state index is 0.190. The van der Waals surface area contributed by atoms with Crippen molar-refractivity contribution in [2.75, 3.05) is 6.61 Å². The van der Waals surface area contributed by atoms with Gasteiger partial charge < -0.3 is 9.84 Å². The normalized spacial score (nSPS) is 23.3. The van der Waals surface area contributed by atoms with Crippen molar-refractivity contribution in [2.45, 2.75) is 33.1 Å². The van der Waals surface area contributed by atoms with Gasteiger partial charge in [-0.2, -0.15) is 0 Å². The van der Waals surface area contributed by atoms with E-state index in [1.807, 2.05) is 42.5 Å².